The molecule has 7 heteroatoms. The zero-order valence-corrected chi connectivity index (χ0v) is 17.3. The number of halogens is 1. The van der Waals surface area contributed by atoms with Gasteiger partial charge in [-0.3, -0.25) is 9.59 Å². The number of carbonyl (C=O) groups is 2. The highest BCUT2D eigenvalue weighted by atomic mass is 19.1. The SMILES string of the molecule is COc1cc(C(C)NC(=O)c2ccc(F)c(NC(C)=O)c2)ccc1OCC(C)C. The molecule has 1 atom stereocenters. The summed E-state index contributed by atoms with van der Waals surface area (Å²) < 4.78 is 24.9. The third kappa shape index (κ3) is 6.20. The van der Waals surface area contributed by atoms with Crippen LogP contribution in [0.4, 0.5) is 10.1 Å². The van der Waals surface area contributed by atoms with E-state index < -0.39 is 11.7 Å². The molecule has 2 N–H and O–H groups in total. The molecule has 0 aliphatic rings. The molecule has 2 aromatic carbocycles. The largest absolute Gasteiger partial charge is 0.493 e. The summed E-state index contributed by atoms with van der Waals surface area (Å²) in [6, 6.07) is 8.98. The molecular formula is C22H27FN2O4. The summed E-state index contributed by atoms with van der Waals surface area (Å²) in [6.45, 7) is 7.80. The first-order valence-corrected chi connectivity index (χ1v) is 9.40. The molecule has 0 aliphatic carbocycles. The number of carbonyl (C=O) groups excluding carboxylic acids is 2. The maximum atomic E-state index is 13.8. The first-order valence-electron chi connectivity index (χ1n) is 9.40. The van der Waals surface area contributed by atoms with Gasteiger partial charge in [-0.15, -0.1) is 0 Å². The number of methoxy groups -OCH3 is 1. The Bertz CT molecular complexity index is 883. The van der Waals surface area contributed by atoms with Gasteiger partial charge in [-0.05, 0) is 48.7 Å². The van der Waals surface area contributed by atoms with Gasteiger partial charge in [0.05, 0.1) is 25.4 Å². The van der Waals surface area contributed by atoms with Gasteiger partial charge in [0.1, 0.15) is 5.82 Å². The molecule has 0 aromatic heterocycles. The van der Waals surface area contributed by atoms with Crippen LogP contribution in [0, 0.1) is 11.7 Å². The molecule has 29 heavy (non-hydrogen) atoms. The fourth-order valence-electron chi connectivity index (χ4n) is 2.64. The van der Waals surface area contributed by atoms with E-state index in [1.54, 1.807) is 7.11 Å². The molecule has 2 rings (SSSR count). The number of rotatable bonds is 8. The summed E-state index contributed by atoms with van der Waals surface area (Å²) in [6.07, 6.45) is 0. The molecule has 0 saturated carbocycles. The van der Waals surface area contributed by atoms with Gasteiger partial charge >= 0.3 is 0 Å². The van der Waals surface area contributed by atoms with Gasteiger partial charge < -0.3 is 20.1 Å². The van der Waals surface area contributed by atoms with Gasteiger partial charge in [-0.2, -0.15) is 0 Å². The van der Waals surface area contributed by atoms with E-state index in [-0.39, 0.29) is 23.2 Å². The van der Waals surface area contributed by atoms with E-state index in [9.17, 15) is 14.0 Å². The number of ether oxygens (including phenoxy) is 2. The minimum atomic E-state index is -0.605. The van der Waals surface area contributed by atoms with Gasteiger partial charge in [-0.1, -0.05) is 19.9 Å². The molecule has 2 amide bonds. The van der Waals surface area contributed by atoms with E-state index in [1.165, 1.54) is 19.1 Å². The van der Waals surface area contributed by atoms with Crippen molar-refractivity contribution in [3.05, 3.63) is 53.3 Å². The van der Waals surface area contributed by atoms with E-state index in [0.717, 1.165) is 11.6 Å². The quantitative estimate of drug-likeness (QED) is 0.690. The number of anilines is 1. The van der Waals surface area contributed by atoms with Gasteiger partial charge in [0.15, 0.2) is 11.5 Å². The molecule has 0 fully saturated rings. The molecule has 0 saturated heterocycles. The summed E-state index contributed by atoms with van der Waals surface area (Å²) in [5.74, 6) is 0.202. The molecule has 0 radical (unpaired) electrons. The van der Waals surface area contributed by atoms with Crippen LogP contribution < -0.4 is 20.1 Å². The van der Waals surface area contributed by atoms with E-state index in [4.69, 9.17) is 9.47 Å². The van der Waals surface area contributed by atoms with Crippen LogP contribution in [0.15, 0.2) is 36.4 Å². The van der Waals surface area contributed by atoms with Crippen molar-refractivity contribution in [2.75, 3.05) is 19.0 Å². The van der Waals surface area contributed by atoms with Crippen LogP contribution in [-0.4, -0.2) is 25.5 Å². The van der Waals surface area contributed by atoms with Crippen molar-refractivity contribution in [3.63, 3.8) is 0 Å². The number of amides is 2. The molecule has 0 aliphatic heterocycles. The Labute approximate surface area is 170 Å². The van der Waals surface area contributed by atoms with Gasteiger partial charge in [0.2, 0.25) is 5.91 Å². The minimum Gasteiger partial charge on any atom is -0.493 e. The fraction of sp³-hybridized carbons (Fsp3) is 0.364. The Morgan fingerprint density at radius 3 is 2.41 bits per heavy atom. The predicted octanol–water partition coefficient (Wildman–Crippen LogP) is 4.32. The summed E-state index contributed by atoms with van der Waals surface area (Å²) in [5, 5.41) is 5.23. The van der Waals surface area contributed by atoms with Crippen LogP contribution in [0.2, 0.25) is 0 Å². The number of nitrogens with one attached hydrogen (secondary N) is 2. The zero-order valence-electron chi connectivity index (χ0n) is 17.3. The second kappa shape index (κ2) is 9.91. The summed E-state index contributed by atoms with van der Waals surface area (Å²) >= 11 is 0. The van der Waals surface area contributed by atoms with E-state index in [0.29, 0.717) is 24.0 Å². The predicted molar refractivity (Wildman–Crippen MR) is 110 cm³/mol. The third-order valence-corrected chi connectivity index (χ3v) is 4.15. The van der Waals surface area contributed by atoms with E-state index in [1.807, 2.05) is 25.1 Å². The van der Waals surface area contributed by atoms with E-state index >= 15 is 0 Å². The number of benzene rings is 2. The van der Waals surface area contributed by atoms with E-state index in [2.05, 4.69) is 24.5 Å². The maximum Gasteiger partial charge on any atom is 0.251 e. The van der Waals surface area contributed by atoms with Crippen LogP contribution >= 0.6 is 0 Å². The van der Waals surface area contributed by atoms with Crippen molar-refractivity contribution in [2.45, 2.75) is 33.7 Å². The van der Waals surface area contributed by atoms with Crippen LogP contribution in [-0.2, 0) is 4.79 Å². The van der Waals surface area contributed by atoms with Crippen molar-refractivity contribution in [1.29, 1.82) is 0 Å². The molecule has 0 bridgehead atoms. The maximum absolute atomic E-state index is 13.8. The van der Waals surface area contributed by atoms with Crippen molar-refractivity contribution >= 4 is 17.5 Å². The van der Waals surface area contributed by atoms with Gasteiger partial charge in [-0.25, -0.2) is 4.39 Å². The number of hydrogen-bond donors (Lipinski definition) is 2. The Morgan fingerprint density at radius 2 is 1.79 bits per heavy atom. The minimum absolute atomic E-state index is 0.0360. The van der Waals surface area contributed by atoms with Gasteiger partial charge in [0.25, 0.3) is 5.91 Å². The van der Waals surface area contributed by atoms with Crippen LogP contribution in [0.1, 0.15) is 49.7 Å². The molecular weight excluding hydrogens is 375 g/mol. The highest BCUT2D eigenvalue weighted by Gasteiger charge is 2.16. The summed E-state index contributed by atoms with van der Waals surface area (Å²) in [4.78, 5) is 23.8. The molecule has 6 nitrogen and oxygen atoms in total. The highest BCUT2D eigenvalue weighted by Crippen LogP contribution is 2.31. The average Bonchev–Trinajstić information content (AvgIpc) is 2.67. The first kappa shape index (κ1) is 22.2. The Hall–Kier alpha value is -3.09. The normalized spacial score (nSPS) is 11.7. The second-order valence-electron chi connectivity index (χ2n) is 7.19. The summed E-state index contributed by atoms with van der Waals surface area (Å²) in [5.41, 5.74) is 1.04. The number of hydrogen-bond acceptors (Lipinski definition) is 4. The highest BCUT2D eigenvalue weighted by molar-refractivity contribution is 5.97. The Morgan fingerprint density at radius 1 is 1.07 bits per heavy atom. The van der Waals surface area contributed by atoms with Crippen LogP contribution in [0.3, 0.4) is 0 Å². The Balaban J connectivity index is 2.14. The molecule has 0 spiro atoms. The fourth-order valence-corrected chi connectivity index (χ4v) is 2.64. The smallest absolute Gasteiger partial charge is 0.251 e. The van der Waals surface area contributed by atoms with Crippen molar-refractivity contribution in [1.82, 2.24) is 5.32 Å². The lowest BCUT2D eigenvalue weighted by molar-refractivity contribution is -0.114. The molecule has 0 heterocycles. The van der Waals surface area contributed by atoms with Gasteiger partial charge in [0, 0.05) is 12.5 Å². The lowest BCUT2D eigenvalue weighted by Gasteiger charge is -2.18. The summed E-state index contributed by atoms with van der Waals surface area (Å²) in [7, 11) is 1.56. The monoisotopic (exact) mass is 402 g/mol. The topological polar surface area (TPSA) is 76.7 Å². The van der Waals surface area contributed by atoms with Crippen molar-refractivity contribution in [2.24, 2.45) is 5.92 Å². The molecule has 1 unspecified atom stereocenters. The average molecular weight is 402 g/mol. The van der Waals surface area contributed by atoms with Crippen LogP contribution in [0.5, 0.6) is 11.5 Å². The second-order valence-corrected chi connectivity index (χ2v) is 7.19. The lowest BCUT2D eigenvalue weighted by atomic mass is 10.1. The molecule has 156 valence electrons. The standard InChI is InChI=1S/C22H27FN2O4/c1-13(2)12-29-20-9-7-16(11-21(20)28-5)14(3)24-22(27)17-6-8-18(23)19(10-17)25-15(4)26/h6-11,13-14H,12H2,1-5H3,(H,24,27)(H,25,26). The lowest BCUT2D eigenvalue weighted by Crippen LogP contribution is -2.27. The third-order valence-electron chi connectivity index (χ3n) is 4.15. The van der Waals surface area contributed by atoms with Crippen LogP contribution in [0.25, 0.3) is 0 Å². The molecule has 2 aromatic rings. The van der Waals surface area contributed by atoms with Crippen molar-refractivity contribution in [3.8, 4) is 11.5 Å². The van der Waals surface area contributed by atoms with Crippen molar-refractivity contribution < 1.29 is 23.5 Å². The first-order chi connectivity index (χ1) is 13.7. The Kier molecular flexibility index (Phi) is 7.59. The zero-order chi connectivity index (χ0) is 21.6.